The van der Waals surface area contributed by atoms with Gasteiger partial charge in [-0.25, -0.2) is 4.98 Å². The van der Waals surface area contributed by atoms with Gasteiger partial charge in [0, 0.05) is 13.0 Å². The first-order valence-electron chi connectivity index (χ1n) is 8.94. The number of Topliss-reactive ketones (excluding diaryl/α,β-unsaturated/α-hetero) is 1. The Morgan fingerprint density at radius 2 is 2.11 bits per heavy atom. The highest BCUT2D eigenvalue weighted by Crippen LogP contribution is 2.30. The van der Waals surface area contributed by atoms with Gasteiger partial charge in [-0.1, -0.05) is 53.3 Å². The summed E-state index contributed by atoms with van der Waals surface area (Å²) in [5, 5.41) is 5.13. The Bertz CT molecular complexity index is 1050. The second-order valence-corrected chi connectivity index (χ2v) is 8.01. The molecule has 0 N–H and O–H groups in total. The molecule has 27 heavy (non-hydrogen) atoms. The molecule has 0 radical (unpaired) electrons. The minimum Gasteiger partial charge on any atom is -0.337 e. The molecular formula is C19H19ClN4O2S. The highest BCUT2D eigenvalue weighted by atomic mass is 35.5. The first-order valence-corrected chi connectivity index (χ1v) is 10.1. The van der Waals surface area contributed by atoms with Crippen LogP contribution in [0.5, 0.6) is 0 Å². The smallest absolute Gasteiger partial charge is 0.294 e. The number of fused-ring (bicyclic) bond motifs is 1. The van der Waals surface area contributed by atoms with Crippen molar-refractivity contribution in [3.8, 4) is 0 Å². The minimum atomic E-state index is -0.368. The average Bonchev–Trinajstić information content (AvgIpc) is 3.32. The van der Waals surface area contributed by atoms with Crippen LogP contribution >= 0.6 is 22.9 Å². The van der Waals surface area contributed by atoms with Gasteiger partial charge in [-0.2, -0.15) is 4.52 Å². The number of aromatic nitrogens is 3. The maximum absolute atomic E-state index is 12.8. The molecule has 140 valence electrons. The van der Waals surface area contributed by atoms with Crippen LogP contribution in [0.2, 0.25) is 5.02 Å². The molecule has 1 aromatic carbocycles. The van der Waals surface area contributed by atoms with Gasteiger partial charge < -0.3 is 4.90 Å². The third-order valence-electron chi connectivity index (χ3n) is 4.88. The number of rotatable bonds is 5. The maximum Gasteiger partial charge on any atom is 0.294 e. The number of aryl methyl sites for hydroxylation is 2. The lowest BCUT2D eigenvalue weighted by Crippen LogP contribution is -2.36. The second kappa shape index (κ2) is 7.40. The molecule has 1 aliphatic rings. The molecule has 4 rings (SSSR count). The van der Waals surface area contributed by atoms with Crippen LogP contribution in [0.15, 0.2) is 35.1 Å². The molecule has 1 aliphatic heterocycles. The summed E-state index contributed by atoms with van der Waals surface area (Å²) in [6.45, 7) is 2.46. The Labute approximate surface area is 165 Å². The molecule has 8 heteroatoms. The number of anilines is 1. The van der Waals surface area contributed by atoms with Gasteiger partial charge in [-0.05, 0) is 31.7 Å². The van der Waals surface area contributed by atoms with Crippen molar-refractivity contribution >= 4 is 38.8 Å². The van der Waals surface area contributed by atoms with Crippen molar-refractivity contribution in [2.24, 2.45) is 0 Å². The molecule has 3 heterocycles. The average molecular weight is 403 g/mol. The molecule has 0 bridgehead atoms. The van der Waals surface area contributed by atoms with Crippen molar-refractivity contribution in [2.45, 2.75) is 38.6 Å². The normalized spacial score (nSPS) is 17.0. The Morgan fingerprint density at radius 3 is 2.89 bits per heavy atom. The summed E-state index contributed by atoms with van der Waals surface area (Å²) in [4.78, 5) is 32.0. The Morgan fingerprint density at radius 1 is 1.33 bits per heavy atom. The number of hydrogen-bond acceptors (Lipinski definition) is 6. The number of nitrogens with zero attached hydrogens (tertiary/aromatic N) is 4. The summed E-state index contributed by atoms with van der Waals surface area (Å²) in [5.74, 6) is 0.213. The second-order valence-electron chi connectivity index (χ2n) is 6.70. The number of benzene rings is 1. The first-order chi connectivity index (χ1) is 13.0. The molecule has 0 amide bonds. The molecule has 2 aromatic heterocycles. The van der Waals surface area contributed by atoms with Crippen LogP contribution in [-0.4, -0.2) is 33.0 Å². The number of ketones is 1. The number of carbonyl (C=O) groups excluding carboxylic acids is 1. The predicted octanol–water partition coefficient (Wildman–Crippen LogP) is 3.28. The highest BCUT2D eigenvalue weighted by Gasteiger charge is 2.32. The molecular weight excluding hydrogens is 384 g/mol. The van der Waals surface area contributed by atoms with E-state index in [9.17, 15) is 9.59 Å². The van der Waals surface area contributed by atoms with Crippen molar-refractivity contribution in [2.75, 3.05) is 11.4 Å². The van der Waals surface area contributed by atoms with E-state index in [1.54, 1.807) is 6.92 Å². The van der Waals surface area contributed by atoms with Crippen LogP contribution < -0.4 is 10.5 Å². The molecule has 0 unspecified atom stereocenters. The maximum atomic E-state index is 12.8. The summed E-state index contributed by atoms with van der Waals surface area (Å²) < 4.78 is 1.24. The van der Waals surface area contributed by atoms with Crippen molar-refractivity contribution in [1.29, 1.82) is 0 Å². The minimum absolute atomic E-state index is 0.0845. The fourth-order valence-corrected chi connectivity index (χ4v) is 4.58. The summed E-state index contributed by atoms with van der Waals surface area (Å²) in [6, 6.07) is 9.83. The number of halogens is 1. The van der Waals surface area contributed by atoms with Crippen molar-refractivity contribution in [3.63, 3.8) is 0 Å². The van der Waals surface area contributed by atoms with Crippen LogP contribution in [0.4, 0.5) is 5.13 Å². The fourth-order valence-electron chi connectivity index (χ4n) is 3.44. The van der Waals surface area contributed by atoms with Crippen molar-refractivity contribution in [3.05, 3.63) is 57.0 Å². The molecule has 0 aliphatic carbocycles. The van der Waals surface area contributed by atoms with E-state index in [1.807, 2.05) is 35.2 Å². The standard InChI is InChI=1S/C19H19ClN4O2S/c1-12-16(20)17(26)24-18(21-12)27-19(22-24)23-11-5-8-14(23)15(25)10-9-13-6-3-2-4-7-13/h2-4,6-7,14H,5,8-11H2,1H3/t14-/m1/s1. The van der Waals surface area contributed by atoms with E-state index in [2.05, 4.69) is 10.1 Å². The summed E-state index contributed by atoms with van der Waals surface area (Å²) in [5.41, 5.74) is 1.29. The van der Waals surface area contributed by atoms with Gasteiger partial charge in [0.2, 0.25) is 10.1 Å². The van der Waals surface area contributed by atoms with Crippen LogP contribution in [-0.2, 0) is 11.2 Å². The van der Waals surface area contributed by atoms with Crippen LogP contribution in [0.3, 0.4) is 0 Å². The van der Waals surface area contributed by atoms with Crippen molar-refractivity contribution < 1.29 is 4.79 Å². The lowest BCUT2D eigenvalue weighted by atomic mass is 10.0. The molecule has 3 aromatic rings. The monoisotopic (exact) mass is 402 g/mol. The van der Waals surface area contributed by atoms with Gasteiger partial charge in [0.1, 0.15) is 5.02 Å². The van der Waals surface area contributed by atoms with Gasteiger partial charge in [-0.3, -0.25) is 9.59 Å². The lowest BCUT2D eigenvalue weighted by molar-refractivity contribution is -0.120. The van der Waals surface area contributed by atoms with E-state index in [4.69, 9.17) is 11.6 Å². The van der Waals surface area contributed by atoms with Gasteiger partial charge in [0.25, 0.3) is 5.56 Å². The third kappa shape index (κ3) is 3.49. The van der Waals surface area contributed by atoms with Crippen LogP contribution in [0.1, 0.15) is 30.5 Å². The van der Waals surface area contributed by atoms with E-state index in [0.717, 1.165) is 31.4 Å². The van der Waals surface area contributed by atoms with E-state index >= 15 is 0 Å². The largest absolute Gasteiger partial charge is 0.337 e. The Hall–Kier alpha value is -2.25. The van der Waals surface area contributed by atoms with Crippen LogP contribution in [0, 0.1) is 6.92 Å². The van der Waals surface area contributed by atoms with Gasteiger partial charge >= 0.3 is 0 Å². The third-order valence-corrected chi connectivity index (χ3v) is 6.26. The van der Waals surface area contributed by atoms with Gasteiger partial charge in [0.05, 0.1) is 11.7 Å². The zero-order valence-corrected chi connectivity index (χ0v) is 16.5. The van der Waals surface area contributed by atoms with E-state index < -0.39 is 0 Å². The van der Waals surface area contributed by atoms with Crippen molar-refractivity contribution in [1.82, 2.24) is 14.6 Å². The van der Waals surface area contributed by atoms with E-state index in [1.165, 1.54) is 15.9 Å². The van der Waals surface area contributed by atoms with E-state index in [0.29, 0.717) is 22.2 Å². The van der Waals surface area contributed by atoms with Crippen LogP contribution in [0.25, 0.3) is 4.96 Å². The summed E-state index contributed by atoms with van der Waals surface area (Å²) >= 11 is 7.33. The zero-order valence-electron chi connectivity index (χ0n) is 14.9. The topological polar surface area (TPSA) is 67.6 Å². The fraction of sp³-hybridized carbons (Fsp3) is 0.368. The lowest BCUT2D eigenvalue weighted by Gasteiger charge is -2.22. The van der Waals surface area contributed by atoms with Gasteiger partial charge in [0.15, 0.2) is 5.78 Å². The highest BCUT2D eigenvalue weighted by molar-refractivity contribution is 7.20. The predicted molar refractivity (Wildman–Crippen MR) is 107 cm³/mol. The quantitative estimate of drug-likeness (QED) is 0.655. The number of carbonyl (C=O) groups is 1. The molecule has 6 nitrogen and oxygen atoms in total. The molecule has 1 saturated heterocycles. The molecule has 0 saturated carbocycles. The number of hydrogen-bond donors (Lipinski definition) is 0. The summed E-state index contributed by atoms with van der Waals surface area (Å²) in [6.07, 6.45) is 2.98. The molecule has 0 spiro atoms. The van der Waals surface area contributed by atoms with E-state index in [-0.39, 0.29) is 22.4 Å². The summed E-state index contributed by atoms with van der Waals surface area (Å²) in [7, 11) is 0. The van der Waals surface area contributed by atoms with Gasteiger partial charge in [-0.15, -0.1) is 5.10 Å². The Kier molecular flexibility index (Phi) is 4.97. The molecule has 1 fully saturated rings. The SMILES string of the molecule is Cc1nc2sc(N3CCC[C@@H]3C(=O)CCc3ccccc3)nn2c(=O)c1Cl. The zero-order chi connectivity index (χ0) is 19.0. The molecule has 1 atom stereocenters. The Balaban J connectivity index is 1.56. The first kappa shape index (κ1) is 18.1.